The highest BCUT2D eigenvalue weighted by molar-refractivity contribution is 14.1. The summed E-state index contributed by atoms with van der Waals surface area (Å²) in [7, 11) is 1.44. The van der Waals surface area contributed by atoms with Crippen molar-refractivity contribution in [1.82, 2.24) is 0 Å². The third-order valence-corrected chi connectivity index (χ3v) is 6.60. The van der Waals surface area contributed by atoms with E-state index < -0.39 is 28.5 Å². The molecule has 0 fully saturated rings. The molecule has 0 saturated heterocycles. The van der Waals surface area contributed by atoms with Crippen molar-refractivity contribution >= 4 is 119 Å². The predicted molar refractivity (Wildman–Crippen MR) is 120 cm³/mol. The minimum absolute atomic E-state index is 0.0853. The van der Waals surface area contributed by atoms with Crippen molar-refractivity contribution in [3.05, 3.63) is 21.8 Å². The second kappa shape index (κ2) is 9.46. The topological polar surface area (TPSA) is 80.8 Å². The Balaban J connectivity index is 3.64. The minimum atomic E-state index is -1.04. The first kappa shape index (κ1) is 23.3. The summed E-state index contributed by atoms with van der Waals surface area (Å²) in [6.07, 6.45) is -1.04. The molecule has 136 valence electrons. The average molecular weight is 724 g/mol. The van der Waals surface area contributed by atoms with Crippen LogP contribution in [0.1, 0.15) is 34.6 Å². The van der Waals surface area contributed by atoms with E-state index in [2.05, 4.69) is 0 Å². The largest absolute Gasteiger partial charge is 0.453 e. The van der Waals surface area contributed by atoms with Gasteiger partial charge in [-0.15, -0.1) is 0 Å². The number of ether oxygens (including phenoxy) is 1. The molecular formula is C14H10Cl2I3NO5. The first-order chi connectivity index (χ1) is 11.4. The van der Waals surface area contributed by atoms with Crippen molar-refractivity contribution in [2.75, 3.05) is 11.9 Å². The second-order valence-electron chi connectivity index (χ2n) is 4.74. The molecule has 1 unspecified atom stereocenters. The predicted octanol–water partition coefficient (Wildman–Crippen LogP) is 4.17. The van der Waals surface area contributed by atoms with Crippen molar-refractivity contribution in [3.8, 4) is 0 Å². The van der Waals surface area contributed by atoms with Gasteiger partial charge >= 0.3 is 5.97 Å². The Morgan fingerprint density at radius 2 is 1.36 bits per heavy atom. The van der Waals surface area contributed by atoms with Gasteiger partial charge in [0, 0.05) is 17.5 Å². The average Bonchev–Trinajstić information content (AvgIpc) is 2.44. The molecule has 0 aliphatic rings. The Hall–Kier alpha value is 0.270. The quantitative estimate of drug-likeness (QED) is 0.259. The lowest BCUT2D eigenvalue weighted by molar-refractivity contribution is -0.151. The lowest BCUT2D eigenvalue weighted by Crippen LogP contribution is -2.38. The number of hydrogen-bond acceptors (Lipinski definition) is 5. The Kier molecular flexibility index (Phi) is 8.82. The summed E-state index contributed by atoms with van der Waals surface area (Å²) in [6, 6.07) is 0. The third kappa shape index (κ3) is 5.17. The van der Waals surface area contributed by atoms with Gasteiger partial charge in [0.2, 0.25) is 0 Å². The van der Waals surface area contributed by atoms with Crippen LogP contribution in [-0.2, 0) is 14.3 Å². The molecule has 1 atom stereocenters. The van der Waals surface area contributed by atoms with E-state index in [9.17, 15) is 19.2 Å². The normalized spacial score (nSPS) is 11.7. The number of nitrogens with zero attached hydrogens (tertiary/aromatic N) is 1. The van der Waals surface area contributed by atoms with Gasteiger partial charge in [-0.2, -0.15) is 0 Å². The summed E-state index contributed by atoms with van der Waals surface area (Å²) >= 11 is 16.9. The van der Waals surface area contributed by atoms with Gasteiger partial charge in [0.15, 0.2) is 6.10 Å². The van der Waals surface area contributed by atoms with E-state index in [0.29, 0.717) is 16.4 Å². The zero-order valence-electron chi connectivity index (χ0n) is 13.0. The fraction of sp³-hybridized carbons (Fsp3) is 0.286. The molecule has 1 rings (SSSR count). The SMILES string of the molecule is CC(=O)OC(C)C(=O)N(C)c1c(I)c(C(=O)Cl)c(I)c(C(=O)Cl)c1I. The summed E-state index contributed by atoms with van der Waals surface area (Å²) in [6.45, 7) is 2.62. The van der Waals surface area contributed by atoms with Crippen LogP contribution in [0.5, 0.6) is 0 Å². The summed E-state index contributed by atoms with van der Waals surface area (Å²) < 4.78 is 5.98. The van der Waals surface area contributed by atoms with E-state index in [1.165, 1.54) is 25.8 Å². The van der Waals surface area contributed by atoms with Gasteiger partial charge in [0.1, 0.15) is 0 Å². The first-order valence-corrected chi connectivity index (χ1v) is 10.5. The van der Waals surface area contributed by atoms with Gasteiger partial charge < -0.3 is 9.64 Å². The number of carbonyl (C=O) groups excluding carboxylic acids is 4. The molecule has 0 radical (unpaired) electrons. The number of halogens is 5. The van der Waals surface area contributed by atoms with Gasteiger partial charge in [-0.05, 0) is 97.9 Å². The van der Waals surface area contributed by atoms with E-state index in [1.54, 1.807) is 0 Å². The summed E-state index contributed by atoms with van der Waals surface area (Å²) in [5, 5.41) is -1.56. The molecule has 0 aliphatic carbocycles. The van der Waals surface area contributed by atoms with E-state index in [0.717, 1.165) is 0 Å². The van der Waals surface area contributed by atoms with Crippen molar-refractivity contribution in [1.29, 1.82) is 0 Å². The van der Waals surface area contributed by atoms with Gasteiger partial charge in [-0.1, -0.05) is 0 Å². The number of esters is 1. The monoisotopic (exact) mass is 723 g/mol. The van der Waals surface area contributed by atoms with Crippen LogP contribution in [-0.4, -0.2) is 35.5 Å². The van der Waals surface area contributed by atoms with Crippen LogP contribution in [0.2, 0.25) is 0 Å². The maximum atomic E-state index is 12.5. The van der Waals surface area contributed by atoms with Crippen LogP contribution in [0, 0.1) is 10.7 Å². The lowest BCUT2D eigenvalue weighted by Gasteiger charge is -2.25. The van der Waals surface area contributed by atoms with Crippen LogP contribution in [0.25, 0.3) is 0 Å². The van der Waals surface area contributed by atoms with Gasteiger partial charge in [0.25, 0.3) is 16.4 Å². The highest BCUT2D eigenvalue weighted by atomic mass is 127. The Morgan fingerprint density at radius 1 is 0.960 bits per heavy atom. The number of likely N-dealkylation sites (N-methyl/N-ethyl adjacent to an activating group) is 1. The molecule has 1 aromatic rings. The maximum absolute atomic E-state index is 12.5. The summed E-state index contributed by atoms with van der Waals surface area (Å²) in [5.74, 6) is -1.14. The van der Waals surface area contributed by atoms with Crippen LogP contribution in [0.4, 0.5) is 5.69 Å². The standard InChI is InChI=1S/C14H10Cl2I3NO5/c1-4(25-5(2)21)14(24)20(3)11-9(18)6(12(15)22)8(17)7(10(11)19)13(16)23/h4H,1-3H3. The molecule has 0 spiro atoms. The highest BCUT2D eigenvalue weighted by Crippen LogP contribution is 2.39. The Bertz CT molecular complexity index is 743. The molecular weight excluding hydrogens is 714 g/mol. The molecule has 6 nitrogen and oxygen atoms in total. The van der Waals surface area contributed by atoms with Gasteiger partial charge in [-0.3, -0.25) is 19.2 Å². The smallest absolute Gasteiger partial charge is 0.303 e. The lowest BCUT2D eigenvalue weighted by atomic mass is 10.1. The number of benzene rings is 1. The van der Waals surface area contributed by atoms with Gasteiger partial charge in [-0.25, -0.2) is 0 Å². The Morgan fingerprint density at radius 3 is 1.68 bits per heavy atom. The molecule has 1 aromatic carbocycles. The van der Waals surface area contributed by atoms with E-state index in [4.69, 9.17) is 27.9 Å². The molecule has 0 aromatic heterocycles. The van der Waals surface area contributed by atoms with E-state index in [1.807, 2.05) is 67.8 Å². The van der Waals surface area contributed by atoms with Crippen LogP contribution < -0.4 is 4.90 Å². The van der Waals surface area contributed by atoms with Gasteiger partial charge in [0.05, 0.1) is 24.0 Å². The molecule has 0 N–H and O–H groups in total. The van der Waals surface area contributed by atoms with E-state index in [-0.39, 0.29) is 11.1 Å². The van der Waals surface area contributed by atoms with Crippen LogP contribution in [0.15, 0.2) is 0 Å². The van der Waals surface area contributed by atoms with Crippen molar-refractivity contribution in [3.63, 3.8) is 0 Å². The second-order valence-corrected chi connectivity index (χ2v) is 8.66. The molecule has 25 heavy (non-hydrogen) atoms. The number of hydrogen-bond donors (Lipinski definition) is 0. The number of amides is 1. The van der Waals surface area contributed by atoms with Crippen molar-refractivity contribution in [2.24, 2.45) is 0 Å². The fourth-order valence-corrected chi connectivity index (χ4v) is 7.86. The molecule has 0 bridgehead atoms. The molecule has 0 heterocycles. The van der Waals surface area contributed by atoms with Crippen molar-refractivity contribution < 1.29 is 23.9 Å². The minimum Gasteiger partial charge on any atom is -0.453 e. The zero-order chi connectivity index (χ0) is 19.6. The summed E-state index contributed by atoms with van der Waals surface area (Å²) in [4.78, 5) is 48.5. The van der Waals surface area contributed by atoms with Crippen molar-refractivity contribution in [2.45, 2.75) is 20.0 Å². The number of anilines is 1. The number of rotatable bonds is 5. The summed E-state index contributed by atoms with van der Waals surface area (Å²) in [5.41, 5.74) is 0.461. The van der Waals surface area contributed by atoms with Crippen LogP contribution in [0.3, 0.4) is 0 Å². The fourth-order valence-electron chi connectivity index (χ4n) is 1.97. The number of carbonyl (C=O) groups is 4. The van der Waals surface area contributed by atoms with E-state index >= 15 is 0 Å². The molecule has 0 saturated carbocycles. The maximum Gasteiger partial charge on any atom is 0.303 e. The third-order valence-electron chi connectivity index (χ3n) is 3.04. The molecule has 1 amide bonds. The Labute approximate surface area is 194 Å². The molecule has 0 aliphatic heterocycles. The zero-order valence-corrected chi connectivity index (χ0v) is 20.9. The first-order valence-electron chi connectivity index (χ1n) is 6.46. The molecule has 11 heteroatoms. The highest BCUT2D eigenvalue weighted by Gasteiger charge is 2.31. The van der Waals surface area contributed by atoms with Crippen LogP contribution >= 0.6 is 91.0 Å².